The monoisotopic (exact) mass is 259 g/mol. The van der Waals surface area contributed by atoms with E-state index in [4.69, 9.17) is 0 Å². The van der Waals surface area contributed by atoms with Gasteiger partial charge in [0, 0.05) is 11.3 Å². The van der Waals surface area contributed by atoms with Crippen molar-refractivity contribution >= 4 is 0 Å². The highest BCUT2D eigenvalue weighted by molar-refractivity contribution is 5.59. The molecule has 19 heavy (non-hydrogen) atoms. The Morgan fingerprint density at radius 2 is 1.74 bits per heavy atom. The van der Waals surface area contributed by atoms with Crippen LogP contribution in [-0.4, -0.2) is 17.0 Å². The lowest BCUT2D eigenvalue weighted by Crippen LogP contribution is -2.35. The second-order valence-electron chi connectivity index (χ2n) is 5.10. The van der Waals surface area contributed by atoms with E-state index in [1.165, 1.54) is 12.1 Å². The Labute approximate surface area is 112 Å². The third-order valence-electron chi connectivity index (χ3n) is 3.18. The molecule has 1 aromatic carbocycles. The van der Waals surface area contributed by atoms with E-state index in [0.717, 1.165) is 22.8 Å². The molecule has 0 aliphatic heterocycles. The molecule has 1 heterocycles. The first-order valence-corrected chi connectivity index (χ1v) is 6.23. The molecule has 0 atom stereocenters. The smallest absolute Gasteiger partial charge is 0.148 e. The maximum Gasteiger partial charge on any atom is 0.148 e. The lowest BCUT2D eigenvalue weighted by atomic mass is 10.0. The third-order valence-corrected chi connectivity index (χ3v) is 3.18. The number of hydrogen-bond acceptors (Lipinski definition) is 3. The van der Waals surface area contributed by atoms with Gasteiger partial charge in [-0.2, -0.15) is 0 Å². The van der Waals surface area contributed by atoms with Crippen LogP contribution in [-0.2, 0) is 5.54 Å². The van der Waals surface area contributed by atoms with E-state index >= 15 is 0 Å². The molecule has 0 spiro atoms. The lowest BCUT2D eigenvalue weighted by Gasteiger charge is -2.23. The van der Waals surface area contributed by atoms with Crippen molar-refractivity contribution in [2.24, 2.45) is 0 Å². The summed E-state index contributed by atoms with van der Waals surface area (Å²) in [6.07, 6.45) is 0. The summed E-state index contributed by atoms with van der Waals surface area (Å²) in [6.45, 7) is 5.98. The van der Waals surface area contributed by atoms with Crippen molar-refractivity contribution in [3.8, 4) is 11.3 Å². The van der Waals surface area contributed by atoms with E-state index in [9.17, 15) is 4.39 Å². The molecule has 0 aliphatic rings. The number of benzene rings is 1. The molecule has 0 radical (unpaired) electrons. The van der Waals surface area contributed by atoms with E-state index in [1.807, 2.05) is 33.9 Å². The fourth-order valence-corrected chi connectivity index (χ4v) is 1.73. The molecule has 100 valence electrons. The van der Waals surface area contributed by atoms with Crippen molar-refractivity contribution in [1.82, 2.24) is 15.3 Å². The van der Waals surface area contributed by atoms with E-state index in [1.54, 1.807) is 12.1 Å². The summed E-state index contributed by atoms with van der Waals surface area (Å²) in [6, 6.07) is 8.24. The highest BCUT2D eigenvalue weighted by Crippen LogP contribution is 2.22. The number of nitrogens with zero attached hydrogens (tertiary/aromatic N) is 2. The Kier molecular flexibility index (Phi) is 3.62. The average Bonchev–Trinajstić information content (AvgIpc) is 2.39. The lowest BCUT2D eigenvalue weighted by molar-refractivity contribution is 0.416. The van der Waals surface area contributed by atoms with Crippen LogP contribution < -0.4 is 5.32 Å². The highest BCUT2D eigenvalue weighted by atomic mass is 19.1. The van der Waals surface area contributed by atoms with Crippen LogP contribution in [0.5, 0.6) is 0 Å². The van der Waals surface area contributed by atoms with Crippen molar-refractivity contribution in [1.29, 1.82) is 0 Å². The van der Waals surface area contributed by atoms with Gasteiger partial charge < -0.3 is 5.32 Å². The van der Waals surface area contributed by atoms with Gasteiger partial charge in [0.1, 0.15) is 11.6 Å². The zero-order valence-corrected chi connectivity index (χ0v) is 11.7. The Bertz CT molecular complexity index is 576. The van der Waals surface area contributed by atoms with Crippen molar-refractivity contribution in [3.63, 3.8) is 0 Å². The largest absolute Gasteiger partial charge is 0.308 e. The molecule has 1 N–H and O–H groups in total. The number of rotatable bonds is 3. The summed E-state index contributed by atoms with van der Waals surface area (Å²) in [4.78, 5) is 9.05. The van der Waals surface area contributed by atoms with Gasteiger partial charge in [-0.1, -0.05) is 0 Å². The molecule has 0 bridgehead atoms. The zero-order valence-electron chi connectivity index (χ0n) is 11.7. The maximum absolute atomic E-state index is 13.0. The zero-order chi connectivity index (χ0) is 14.0. The van der Waals surface area contributed by atoms with E-state index < -0.39 is 0 Å². The fourth-order valence-electron chi connectivity index (χ4n) is 1.73. The molecule has 2 aromatic rings. The predicted molar refractivity (Wildman–Crippen MR) is 74.2 cm³/mol. The number of aromatic nitrogens is 2. The summed E-state index contributed by atoms with van der Waals surface area (Å²) in [5.74, 6) is 0.486. The standard InChI is InChI=1S/C15H18FN3/c1-10-9-13(11-5-7-12(16)8-6-11)19-14(18-10)15(2,3)17-4/h5-9,17H,1-4H3. The van der Waals surface area contributed by atoms with Crippen molar-refractivity contribution in [2.75, 3.05) is 7.05 Å². The highest BCUT2D eigenvalue weighted by Gasteiger charge is 2.22. The van der Waals surface area contributed by atoms with Gasteiger partial charge in [0.05, 0.1) is 11.2 Å². The molecule has 0 fully saturated rings. The summed E-state index contributed by atoms with van der Waals surface area (Å²) in [5.41, 5.74) is 2.29. The van der Waals surface area contributed by atoms with Gasteiger partial charge in [0.2, 0.25) is 0 Å². The minimum Gasteiger partial charge on any atom is -0.308 e. The Morgan fingerprint density at radius 1 is 1.11 bits per heavy atom. The molecule has 0 saturated carbocycles. The molecule has 3 nitrogen and oxygen atoms in total. The summed E-state index contributed by atoms with van der Waals surface area (Å²) in [7, 11) is 1.88. The molecular formula is C15H18FN3. The maximum atomic E-state index is 13.0. The summed E-state index contributed by atoms with van der Waals surface area (Å²) >= 11 is 0. The van der Waals surface area contributed by atoms with Crippen LogP contribution in [0.15, 0.2) is 30.3 Å². The van der Waals surface area contributed by atoms with E-state index in [-0.39, 0.29) is 11.4 Å². The predicted octanol–water partition coefficient (Wildman–Crippen LogP) is 3.05. The van der Waals surface area contributed by atoms with Gasteiger partial charge in [0.25, 0.3) is 0 Å². The van der Waals surface area contributed by atoms with Crippen LogP contribution in [0.1, 0.15) is 25.4 Å². The SMILES string of the molecule is CNC(C)(C)c1nc(C)cc(-c2ccc(F)cc2)n1. The van der Waals surface area contributed by atoms with Crippen molar-refractivity contribution in [2.45, 2.75) is 26.3 Å². The van der Waals surface area contributed by atoms with Crippen LogP contribution in [0, 0.1) is 12.7 Å². The molecule has 0 saturated heterocycles. The molecule has 1 aromatic heterocycles. The van der Waals surface area contributed by atoms with Crippen LogP contribution in [0.25, 0.3) is 11.3 Å². The van der Waals surface area contributed by atoms with Crippen LogP contribution >= 0.6 is 0 Å². The van der Waals surface area contributed by atoms with Gasteiger partial charge in [0.15, 0.2) is 0 Å². The van der Waals surface area contributed by atoms with Crippen molar-refractivity contribution < 1.29 is 4.39 Å². The van der Waals surface area contributed by atoms with Gasteiger partial charge in [-0.3, -0.25) is 0 Å². The third kappa shape index (κ3) is 2.96. The first-order valence-electron chi connectivity index (χ1n) is 6.23. The molecule has 4 heteroatoms. The number of aryl methyl sites for hydroxylation is 1. The number of halogens is 1. The Balaban J connectivity index is 2.50. The van der Waals surface area contributed by atoms with Gasteiger partial charge in [-0.15, -0.1) is 0 Å². The normalized spacial score (nSPS) is 11.6. The molecule has 0 unspecified atom stereocenters. The molecule has 0 aliphatic carbocycles. The fraction of sp³-hybridized carbons (Fsp3) is 0.333. The quantitative estimate of drug-likeness (QED) is 0.920. The van der Waals surface area contributed by atoms with Gasteiger partial charge >= 0.3 is 0 Å². The molecular weight excluding hydrogens is 241 g/mol. The average molecular weight is 259 g/mol. The second kappa shape index (κ2) is 5.05. The number of nitrogens with one attached hydrogen (secondary N) is 1. The van der Waals surface area contributed by atoms with Gasteiger partial charge in [-0.05, 0) is 58.2 Å². The van der Waals surface area contributed by atoms with E-state index in [0.29, 0.717) is 0 Å². The van der Waals surface area contributed by atoms with Crippen LogP contribution in [0.4, 0.5) is 4.39 Å². The summed E-state index contributed by atoms with van der Waals surface area (Å²) < 4.78 is 13.0. The first-order chi connectivity index (χ1) is 8.92. The molecule has 2 rings (SSSR count). The minimum atomic E-state index is -0.305. The van der Waals surface area contributed by atoms with Crippen LogP contribution in [0.2, 0.25) is 0 Å². The Hall–Kier alpha value is -1.81. The first kappa shape index (κ1) is 13.6. The van der Waals surface area contributed by atoms with E-state index in [2.05, 4.69) is 15.3 Å². The molecule has 0 amide bonds. The second-order valence-corrected chi connectivity index (χ2v) is 5.10. The topological polar surface area (TPSA) is 37.8 Å². The van der Waals surface area contributed by atoms with Crippen molar-refractivity contribution in [3.05, 3.63) is 47.7 Å². The number of hydrogen-bond donors (Lipinski definition) is 1. The Morgan fingerprint density at radius 3 is 2.32 bits per heavy atom. The van der Waals surface area contributed by atoms with Gasteiger partial charge in [-0.25, -0.2) is 14.4 Å². The summed E-state index contributed by atoms with van der Waals surface area (Å²) in [5, 5.41) is 3.19. The van der Waals surface area contributed by atoms with Crippen LogP contribution in [0.3, 0.4) is 0 Å². The minimum absolute atomic E-state index is 0.245.